The molecule has 3 N–H and O–H groups in total. The molecule has 3 nitrogen and oxygen atoms in total. The number of benzene rings is 2. The highest BCUT2D eigenvalue weighted by atomic mass is 16.5. The summed E-state index contributed by atoms with van der Waals surface area (Å²) < 4.78 is 5.64. The molecule has 2 aromatic rings. The zero-order valence-electron chi connectivity index (χ0n) is 11.0. The highest BCUT2D eigenvalue weighted by Crippen LogP contribution is 2.25. The van der Waals surface area contributed by atoms with E-state index in [9.17, 15) is 5.11 Å². The van der Waals surface area contributed by atoms with Crippen LogP contribution in [0.2, 0.25) is 0 Å². The lowest BCUT2D eigenvalue weighted by molar-refractivity contribution is 0.304. The third-order valence-electron chi connectivity index (χ3n) is 2.85. The third kappa shape index (κ3) is 4.00. The van der Waals surface area contributed by atoms with E-state index in [0.29, 0.717) is 18.8 Å². The van der Waals surface area contributed by atoms with Gasteiger partial charge in [-0.2, -0.15) is 0 Å². The number of phenolic OH excluding ortho intramolecular Hbond substituents is 1. The van der Waals surface area contributed by atoms with Crippen molar-refractivity contribution in [2.24, 2.45) is 5.73 Å². The first-order chi connectivity index (χ1) is 9.15. The van der Waals surface area contributed by atoms with Gasteiger partial charge in [-0.3, -0.25) is 0 Å². The van der Waals surface area contributed by atoms with Crippen LogP contribution in [-0.2, 0) is 13.0 Å². The van der Waals surface area contributed by atoms with E-state index in [1.54, 1.807) is 6.07 Å². The number of phenols is 1. The molecule has 3 heteroatoms. The monoisotopic (exact) mass is 257 g/mol. The molecule has 0 saturated carbocycles. The predicted octanol–water partition coefficient (Wildman–Crippen LogP) is 2.86. The van der Waals surface area contributed by atoms with Crippen LogP contribution in [0.15, 0.2) is 48.5 Å². The predicted molar refractivity (Wildman–Crippen MR) is 76.2 cm³/mol. The molecule has 0 fully saturated rings. The van der Waals surface area contributed by atoms with Crippen molar-refractivity contribution >= 4 is 0 Å². The van der Waals surface area contributed by atoms with Crippen LogP contribution in [0.25, 0.3) is 0 Å². The van der Waals surface area contributed by atoms with Gasteiger partial charge < -0.3 is 15.6 Å². The standard InChI is InChI=1S/C16H19NO2/c1-12(17)9-14-7-8-15(10-16(14)18)19-11-13-5-3-2-4-6-13/h2-8,10,12,18H,9,11,17H2,1H3. The van der Waals surface area contributed by atoms with Gasteiger partial charge in [-0.05, 0) is 30.5 Å². The molecule has 0 heterocycles. The Hall–Kier alpha value is -2.00. The first-order valence-corrected chi connectivity index (χ1v) is 6.39. The normalized spacial score (nSPS) is 12.1. The lowest BCUT2D eigenvalue weighted by Gasteiger charge is -2.10. The van der Waals surface area contributed by atoms with Gasteiger partial charge in [0, 0.05) is 12.1 Å². The Balaban J connectivity index is 2.00. The molecular formula is C16H19NO2. The minimum absolute atomic E-state index is 0.0296. The fourth-order valence-corrected chi connectivity index (χ4v) is 1.89. The third-order valence-corrected chi connectivity index (χ3v) is 2.85. The molecule has 1 unspecified atom stereocenters. The van der Waals surface area contributed by atoms with Crippen molar-refractivity contribution in [3.05, 3.63) is 59.7 Å². The van der Waals surface area contributed by atoms with Gasteiger partial charge in [-0.25, -0.2) is 0 Å². The lowest BCUT2D eigenvalue weighted by atomic mass is 10.1. The molecule has 0 aliphatic rings. The summed E-state index contributed by atoms with van der Waals surface area (Å²) in [5.41, 5.74) is 7.67. The van der Waals surface area contributed by atoms with E-state index < -0.39 is 0 Å². The summed E-state index contributed by atoms with van der Waals surface area (Å²) in [6.45, 7) is 2.41. The first-order valence-electron chi connectivity index (χ1n) is 6.39. The largest absolute Gasteiger partial charge is 0.508 e. The molecule has 0 aliphatic heterocycles. The molecule has 0 saturated heterocycles. The van der Waals surface area contributed by atoms with E-state index in [2.05, 4.69) is 0 Å². The van der Waals surface area contributed by atoms with Crippen molar-refractivity contribution in [1.82, 2.24) is 0 Å². The average Bonchev–Trinajstić information content (AvgIpc) is 2.40. The zero-order valence-corrected chi connectivity index (χ0v) is 11.0. The molecule has 0 aliphatic carbocycles. The molecular weight excluding hydrogens is 238 g/mol. The number of rotatable bonds is 5. The van der Waals surface area contributed by atoms with E-state index in [1.165, 1.54) is 0 Å². The van der Waals surface area contributed by atoms with Gasteiger partial charge in [-0.15, -0.1) is 0 Å². The van der Waals surface area contributed by atoms with Crippen molar-refractivity contribution in [2.45, 2.75) is 26.0 Å². The van der Waals surface area contributed by atoms with Crippen molar-refractivity contribution in [3.8, 4) is 11.5 Å². The maximum absolute atomic E-state index is 9.90. The number of nitrogens with two attached hydrogens (primary N) is 1. The van der Waals surface area contributed by atoms with Crippen molar-refractivity contribution in [2.75, 3.05) is 0 Å². The van der Waals surface area contributed by atoms with Crippen molar-refractivity contribution in [3.63, 3.8) is 0 Å². The minimum Gasteiger partial charge on any atom is -0.508 e. The van der Waals surface area contributed by atoms with Crippen LogP contribution in [0, 0.1) is 0 Å². The molecule has 0 bridgehead atoms. The number of aromatic hydroxyl groups is 1. The van der Waals surface area contributed by atoms with Crippen LogP contribution in [0.3, 0.4) is 0 Å². The Kier molecular flexibility index (Phi) is 4.42. The summed E-state index contributed by atoms with van der Waals surface area (Å²) in [7, 11) is 0. The van der Waals surface area contributed by atoms with Gasteiger partial charge in [0.1, 0.15) is 18.1 Å². The fourth-order valence-electron chi connectivity index (χ4n) is 1.89. The molecule has 0 aromatic heterocycles. The van der Waals surface area contributed by atoms with Crippen LogP contribution in [0.5, 0.6) is 11.5 Å². The van der Waals surface area contributed by atoms with E-state index in [0.717, 1.165) is 11.1 Å². The summed E-state index contributed by atoms with van der Waals surface area (Å²) in [6, 6.07) is 15.3. The Morgan fingerprint density at radius 2 is 1.89 bits per heavy atom. The number of hydrogen-bond donors (Lipinski definition) is 2. The molecule has 2 rings (SSSR count). The fraction of sp³-hybridized carbons (Fsp3) is 0.250. The van der Waals surface area contributed by atoms with Crippen molar-refractivity contribution in [1.29, 1.82) is 0 Å². The first kappa shape index (κ1) is 13.4. The Labute approximate surface area is 113 Å². The summed E-state index contributed by atoms with van der Waals surface area (Å²) in [5, 5.41) is 9.90. The van der Waals surface area contributed by atoms with Gasteiger partial charge >= 0.3 is 0 Å². The second kappa shape index (κ2) is 6.25. The summed E-state index contributed by atoms with van der Waals surface area (Å²) in [4.78, 5) is 0. The quantitative estimate of drug-likeness (QED) is 0.866. The summed E-state index contributed by atoms with van der Waals surface area (Å²) >= 11 is 0. The minimum atomic E-state index is 0.0296. The molecule has 0 amide bonds. The summed E-state index contributed by atoms with van der Waals surface area (Å²) in [5.74, 6) is 0.901. The lowest BCUT2D eigenvalue weighted by Crippen LogP contribution is -2.17. The van der Waals surface area contributed by atoms with Gasteiger partial charge in [0.15, 0.2) is 0 Å². The van der Waals surface area contributed by atoms with Gasteiger partial charge in [0.25, 0.3) is 0 Å². The molecule has 0 radical (unpaired) electrons. The van der Waals surface area contributed by atoms with E-state index >= 15 is 0 Å². The van der Waals surface area contributed by atoms with Crippen LogP contribution in [-0.4, -0.2) is 11.1 Å². The van der Waals surface area contributed by atoms with Gasteiger partial charge in [-0.1, -0.05) is 36.4 Å². The maximum Gasteiger partial charge on any atom is 0.123 e. The second-order valence-electron chi connectivity index (χ2n) is 4.75. The second-order valence-corrected chi connectivity index (χ2v) is 4.75. The highest BCUT2D eigenvalue weighted by molar-refractivity contribution is 5.40. The van der Waals surface area contributed by atoms with Crippen LogP contribution < -0.4 is 10.5 Å². The Morgan fingerprint density at radius 1 is 1.16 bits per heavy atom. The Bertz CT molecular complexity index is 524. The SMILES string of the molecule is CC(N)Cc1ccc(OCc2ccccc2)cc1O. The summed E-state index contributed by atoms with van der Waals surface area (Å²) in [6.07, 6.45) is 0.658. The van der Waals surface area contributed by atoms with Crippen molar-refractivity contribution < 1.29 is 9.84 Å². The number of hydrogen-bond acceptors (Lipinski definition) is 3. The van der Waals surface area contributed by atoms with E-state index in [1.807, 2.05) is 49.4 Å². The topological polar surface area (TPSA) is 55.5 Å². The van der Waals surface area contributed by atoms with E-state index in [4.69, 9.17) is 10.5 Å². The maximum atomic E-state index is 9.90. The highest BCUT2D eigenvalue weighted by Gasteiger charge is 2.06. The molecule has 2 aromatic carbocycles. The van der Waals surface area contributed by atoms with Gasteiger partial charge in [0.05, 0.1) is 0 Å². The molecule has 19 heavy (non-hydrogen) atoms. The smallest absolute Gasteiger partial charge is 0.123 e. The zero-order chi connectivity index (χ0) is 13.7. The Morgan fingerprint density at radius 3 is 2.53 bits per heavy atom. The average molecular weight is 257 g/mol. The molecule has 100 valence electrons. The van der Waals surface area contributed by atoms with Crippen LogP contribution in [0.1, 0.15) is 18.1 Å². The molecule has 0 spiro atoms. The van der Waals surface area contributed by atoms with Gasteiger partial charge in [0.2, 0.25) is 0 Å². The van der Waals surface area contributed by atoms with Crippen LogP contribution in [0.4, 0.5) is 0 Å². The van der Waals surface area contributed by atoms with Crippen LogP contribution >= 0.6 is 0 Å². The molecule has 1 atom stereocenters. The number of ether oxygens (including phenoxy) is 1. The van der Waals surface area contributed by atoms with E-state index in [-0.39, 0.29) is 11.8 Å².